The molecule has 0 radical (unpaired) electrons. The molecule has 1 heterocycles. The summed E-state index contributed by atoms with van der Waals surface area (Å²) in [6.07, 6.45) is 1.48. The predicted octanol–water partition coefficient (Wildman–Crippen LogP) is 1.68. The van der Waals surface area contributed by atoms with E-state index in [1.807, 2.05) is 25.1 Å². The molecular weight excluding hydrogens is 206 g/mol. The molecule has 0 bridgehead atoms. The Kier molecular flexibility index (Phi) is 3.10. The van der Waals surface area contributed by atoms with E-state index in [1.54, 1.807) is 4.57 Å². The summed E-state index contributed by atoms with van der Waals surface area (Å²) in [7, 11) is 0. The van der Waals surface area contributed by atoms with E-state index in [2.05, 4.69) is 0 Å². The topological polar surface area (TPSA) is 55.4 Å². The van der Waals surface area contributed by atoms with Crippen LogP contribution in [-0.2, 0) is 6.54 Å². The summed E-state index contributed by atoms with van der Waals surface area (Å²) in [5.41, 5.74) is 2.56. The van der Waals surface area contributed by atoms with Crippen LogP contribution in [0.5, 0.6) is 0 Å². The molecule has 0 aliphatic carbocycles. The monoisotopic (exact) mass is 221 g/mol. The number of rotatable bonds is 4. The Balaban J connectivity index is 2.38. The molecule has 1 aromatic carbocycles. The largest absolute Gasteiger partial charge is 0.419 e. The van der Waals surface area contributed by atoms with Crippen molar-refractivity contribution in [1.82, 2.24) is 4.57 Å². The van der Waals surface area contributed by atoms with Crippen molar-refractivity contribution in [3.05, 3.63) is 34.3 Å². The van der Waals surface area contributed by atoms with E-state index in [0.717, 1.165) is 17.5 Å². The summed E-state index contributed by atoms with van der Waals surface area (Å²) in [5.74, 6) is -0.321. The molecule has 2 rings (SSSR count). The Bertz CT molecular complexity index is 539. The molecule has 0 spiro atoms. The van der Waals surface area contributed by atoms with Crippen LogP contribution in [0.15, 0.2) is 27.4 Å². The van der Waals surface area contributed by atoms with Gasteiger partial charge in [0.1, 0.15) is 0 Å². The predicted molar refractivity (Wildman–Crippen MR) is 61.5 cm³/mol. The zero-order valence-electron chi connectivity index (χ0n) is 9.27. The van der Waals surface area contributed by atoms with E-state index in [9.17, 15) is 4.79 Å². The van der Waals surface area contributed by atoms with Crippen molar-refractivity contribution in [2.24, 2.45) is 0 Å². The average molecular weight is 221 g/mol. The highest BCUT2D eigenvalue weighted by Gasteiger charge is 2.08. The maximum atomic E-state index is 11.6. The summed E-state index contributed by atoms with van der Waals surface area (Å²) < 4.78 is 6.75. The Hall–Kier alpha value is -1.55. The van der Waals surface area contributed by atoms with Crippen LogP contribution in [0.4, 0.5) is 0 Å². The first kappa shape index (κ1) is 11.0. The number of aryl methyl sites for hydroxylation is 2. The fourth-order valence-corrected chi connectivity index (χ4v) is 1.77. The van der Waals surface area contributed by atoms with Gasteiger partial charge in [0, 0.05) is 13.2 Å². The second kappa shape index (κ2) is 4.53. The Morgan fingerprint density at radius 1 is 1.38 bits per heavy atom. The van der Waals surface area contributed by atoms with E-state index in [-0.39, 0.29) is 12.4 Å². The number of aromatic nitrogens is 1. The van der Waals surface area contributed by atoms with Gasteiger partial charge < -0.3 is 9.52 Å². The lowest BCUT2D eigenvalue weighted by molar-refractivity contribution is 0.280. The number of aliphatic hydroxyl groups is 1. The van der Waals surface area contributed by atoms with Crippen molar-refractivity contribution in [3.8, 4) is 0 Å². The van der Waals surface area contributed by atoms with Crippen molar-refractivity contribution in [2.45, 2.75) is 26.3 Å². The first-order valence-corrected chi connectivity index (χ1v) is 5.43. The van der Waals surface area contributed by atoms with Crippen molar-refractivity contribution in [3.63, 3.8) is 0 Å². The van der Waals surface area contributed by atoms with Crippen LogP contribution in [0.2, 0.25) is 0 Å². The summed E-state index contributed by atoms with van der Waals surface area (Å²) in [6, 6.07) is 5.68. The van der Waals surface area contributed by atoms with E-state index in [0.29, 0.717) is 18.5 Å². The molecule has 86 valence electrons. The van der Waals surface area contributed by atoms with Gasteiger partial charge in [-0.1, -0.05) is 6.07 Å². The highest BCUT2D eigenvalue weighted by Crippen LogP contribution is 2.15. The summed E-state index contributed by atoms with van der Waals surface area (Å²) in [5, 5.41) is 8.71. The van der Waals surface area contributed by atoms with Crippen LogP contribution in [0.25, 0.3) is 11.1 Å². The van der Waals surface area contributed by atoms with E-state index >= 15 is 0 Å². The third-order valence-corrected chi connectivity index (χ3v) is 2.61. The second-order valence-electron chi connectivity index (χ2n) is 3.92. The molecule has 0 atom stereocenters. The standard InChI is InChI=1S/C12H15NO3/c1-9-4-5-11-10(8-9)13(12(15)16-11)6-2-3-7-14/h4-5,8,14H,2-3,6-7H2,1H3. The van der Waals surface area contributed by atoms with Gasteiger partial charge in [-0.2, -0.15) is 0 Å². The lowest BCUT2D eigenvalue weighted by Gasteiger charge is -2.01. The van der Waals surface area contributed by atoms with Crippen LogP contribution in [0, 0.1) is 6.92 Å². The molecule has 4 nitrogen and oxygen atoms in total. The molecular formula is C12H15NO3. The summed E-state index contributed by atoms with van der Waals surface area (Å²) in [6.45, 7) is 2.73. The Morgan fingerprint density at radius 2 is 2.19 bits per heavy atom. The molecule has 0 aliphatic rings. The fraction of sp³-hybridized carbons (Fsp3) is 0.417. The van der Waals surface area contributed by atoms with Gasteiger partial charge in [-0.25, -0.2) is 4.79 Å². The number of unbranched alkanes of at least 4 members (excludes halogenated alkanes) is 1. The molecule has 0 saturated carbocycles. The second-order valence-corrected chi connectivity index (χ2v) is 3.92. The minimum absolute atomic E-state index is 0.156. The maximum absolute atomic E-state index is 11.6. The van der Waals surface area contributed by atoms with Crippen molar-refractivity contribution in [1.29, 1.82) is 0 Å². The van der Waals surface area contributed by atoms with Crippen LogP contribution in [0.3, 0.4) is 0 Å². The number of nitrogens with zero attached hydrogens (tertiary/aromatic N) is 1. The zero-order chi connectivity index (χ0) is 11.5. The number of hydrogen-bond acceptors (Lipinski definition) is 3. The number of fused-ring (bicyclic) bond motifs is 1. The highest BCUT2D eigenvalue weighted by atomic mass is 16.4. The van der Waals surface area contributed by atoms with Gasteiger partial charge in [0.25, 0.3) is 0 Å². The van der Waals surface area contributed by atoms with Crippen molar-refractivity contribution < 1.29 is 9.52 Å². The fourth-order valence-electron chi connectivity index (χ4n) is 1.77. The average Bonchev–Trinajstić information content (AvgIpc) is 2.56. The van der Waals surface area contributed by atoms with E-state index in [1.165, 1.54) is 0 Å². The number of oxazole rings is 1. The van der Waals surface area contributed by atoms with Crippen LogP contribution < -0.4 is 5.76 Å². The van der Waals surface area contributed by atoms with Crippen molar-refractivity contribution in [2.75, 3.05) is 6.61 Å². The zero-order valence-corrected chi connectivity index (χ0v) is 9.27. The first-order chi connectivity index (χ1) is 7.72. The molecule has 0 saturated heterocycles. The SMILES string of the molecule is Cc1ccc2oc(=O)n(CCCCO)c2c1. The van der Waals surface area contributed by atoms with Gasteiger partial charge >= 0.3 is 5.76 Å². The Labute approximate surface area is 93.1 Å². The number of benzene rings is 1. The van der Waals surface area contributed by atoms with E-state index in [4.69, 9.17) is 9.52 Å². The quantitative estimate of drug-likeness (QED) is 0.799. The van der Waals surface area contributed by atoms with E-state index < -0.39 is 0 Å². The highest BCUT2D eigenvalue weighted by molar-refractivity contribution is 5.73. The molecule has 1 aromatic heterocycles. The molecule has 0 aliphatic heterocycles. The molecule has 2 aromatic rings. The molecule has 4 heteroatoms. The normalized spacial score (nSPS) is 11.1. The van der Waals surface area contributed by atoms with Gasteiger partial charge in [-0.15, -0.1) is 0 Å². The lowest BCUT2D eigenvalue weighted by Crippen LogP contribution is -2.14. The van der Waals surface area contributed by atoms with Crippen LogP contribution >= 0.6 is 0 Å². The molecule has 0 amide bonds. The van der Waals surface area contributed by atoms with Gasteiger partial charge in [0.2, 0.25) is 0 Å². The van der Waals surface area contributed by atoms with Crippen molar-refractivity contribution >= 4 is 11.1 Å². The van der Waals surface area contributed by atoms with Crippen LogP contribution in [-0.4, -0.2) is 16.3 Å². The maximum Gasteiger partial charge on any atom is 0.419 e. The number of hydrogen-bond donors (Lipinski definition) is 1. The summed E-state index contributed by atoms with van der Waals surface area (Å²) >= 11 is 0. The molecule has 16 heavy (non-hydrogen) atoms. The minimum Gasteiger partial charge on any atom is -0.408 e. The number of aliphatic hydroxyl groups excluding tert-OH is 1. The third-order valence-electron chi connectivity index (χ3n) is 2.61. The molecule has 1 N–H and O–H groups in total. The smallest absolute Gasteiger partial charge is 0.408 e. The van der Waals surface area contributed by atoms with Gasteiger partial charge in [0.15, 0.2) is 5.58 Å². The van der Waals surface area contributed by atoms with Gasteiger partial charge in [0.05, 0.1) is 5.52 Å². The molecule has 0 fully saturated rings. The molecule has 0 unspecified atom stereocenters. The minimum atomic E-state index is -0.321. The third kappa shape index (κ3) is 2.02. The van der Waals surface area contributed by atoms with Crippen LogP contribution in [0.1, 0.15) is 18.4 Å². The first-order valence-electron chi connectivity index (χ1n) is 5.43. The van der Waals surface area contributed by atoms with Gasteiger partial charge in [-0.3, -0.25) is 4.57 Å². The Morgan fingerprint density at radius 3 is 2.94 bits per heavy atom. The van der Waals surface area contributed by atoms with Gasteiger partial charge in [-0.05, 0) is 37.5 Å². The summed E-state index contributed by atoms with van der Waals surface area (Å²) in [4.78, 5) is 11.6. The lowest BCUT2D eigenvalue weighted by atomic mass is 10.2.